The molecule has 2 rings (SSSR count). The van der Waals surface area contributed by atoms with E-state index in [0.29, 0.717) is 5.75 Å². The molecule has 3 N–H and O–H groups in total. The molecule has 2 unspecified atom stereocenters. The van der Waals surface area contributed by atoms with Gasteiger partial charge in [0.15, 0.2) is 0 Å². The minimum Gasteiger partial charge on any atom is -0.508 e. The van der Waals surface area contributed by atoms with Crippen molar-refractivity contribution >= 4 is 0 Å². The molecule has 102 valence electrons. The predicted molar refractivity (Wildman–Crippen MR) is 75.9 cm³/mol. The molecule has 1 heterocycles. The van der Waals surface area contributed by atoms with Crippen LogP contribution in [0, 0.1) is 0 Å². The number of hydrogen-bond donors (Lipinski definition) is 3. The van der Waals surface area contributed by atoms with E-state index in [1.165, 1.54) is 5.56 Å². The van der Waals surface area contributed by atoms with Crippen molar-refractivity contribution in [2.24, 2.45) is 0 Å². The molecule has 0 bridgehead atoms. The van der Waals surface area contributed by atoms with Gasteiger partial charge >= 0.3 is 0 Å². The average molecular weight is 259 g/mol. The van der Waals surface area contributed by atoms with Gasteiger partial charge in [0.2, 0.25) is 0 Å². The molecule has 0 radical (unpaired) electrons. The number of nitrogens with one attached hydrogen (secondary N) is 2. The largest absolute Gasteiger partial charge is 0.508 e. The molecule has 0 saturated carbocycles. The van der Waals surface area contributed by atoms with Gasteiger partial charge in [0.1, 0.15) is 11.6 Å². The van der Waals surface area contributed by atoms with Crippen LogP contribution in [0.5, 0.6) is 5.75 Å². The number of rotatable bonds is 6. The van der Waals surface area contributed by atoms with Crippen LogP contribution in [0.3, 0.4) is 0 Å². The molecule has 19 heavy (non-hydrogen) atoms. The summed E-state index contributed by atoms with van der Waals surface area (Å²) in [6.45, 7) is 4.29. The second kappa shape index (κ2) is 6.38. The zero-order chi connectivity index (χ0) is 13.7. The standard InChI is InChI=1S/C15H21N3O/c1-3-13(11-5-7-12(19)8-6-11)18-14(4-2)15-16-9-10-17-15/h5-10,13-14,18-19H,3-4H2,1-2H3,(H,16,17). The maximum Gasteiger partial charge on any atom is 0.123 e. The van der Waals surface area contributed by atoms with Crippen LogP contribution in [0.25, 0.3) is 0 Å². The van der Waals surface area contributed by atoms with Crippen LogP contribution in [0.15, 0.2) is 36.7 Å². The number of aromatic amines is 1. The van der Waals surface area contributed by atoms with E-state index in [1.54, 1.807) is 18.3 Å². The Kier molecular flexibility index (Phi) is 4.58. The summed E-state index contributed by atoms with van der Waals surface area (Å²) >= 11 is 0. The third-order valence-corrected chi connectivity index (χ3v) is 3.36. The summed E-state index contributed by atoms with van der Waals surface area (Å²) in [6.07, 6.45) is 5.59. The van der Waals surface area contributed by atoms with Gasteiger partial charge in [0.05, 0.1) is 6.04 Å². The summed E-state index contributed by atoms with van der Waals surface area (Å²) in [5.74, 6) is 1.27. The van der Waals surface area contributed by atoms with Gasteiger partial charge in [-0.3, -0.25) is 0 Å². The van der Waals surface area contributed by atoms with Crippen LogP contribution in [-0.2, 0) is 0 Å². The van der Waals surface area contributed by atoms with Crippen molar-refractivity contribution < 1.29 is 5.11 Å². The number of hydrogen-bond acceptors (Lipinski definition) is 3. The highest BCUT2D eigenvalue weighted by Gasteiger charge is 2.17. The zero-order valence-corrected chi connectivity index (χ0v) is 11.4. The van der Waals surface area contributed by atoms with Crippen molar-refractivity contribution in [3.05, 3.63) is 48.0 Å². The number of aromatic nitrogens is 2. The Morgan fingerprint density at radius 3 is 2.37 bits per heavy atom. The molecule has 2 atom stereocenters. The molecule has 2 aromatic rings. The lowest BCUT2D eigenvalue weighted by molar-refractivity contribution is 0.413. The van der Waals surface area contributed by atoms with Crippen LogP contribution < -0.4 is 5.32 Å². The van der Waals surface area contributed by atoms with Crippen molar-refractivity contribution in [2.45, 2.75) is 38.8 Å². The topological polar surface area (TPSA) is 60.9 Å². The molecule has 0 amide bonds. The lowest BCUT2D eigenvalue weighted by Crippen LogP contribution is -2.26. The number of phenolic OH excluding ortho intramolecular Hbond substituents is 1. The summed E-state index contributed by atoms with van der Waals surface area (Å²) in [5, 5.41) is 13.0. The van der Waals surface area contributed by atoms with Gasteiger partial charge in [-0.2, -0.15) is 0 Å². The molecular formula is C15H21N3O. The van der Waals surface area contributed by atoms with Gasteiger partial charge in [0, 0.05) is 18.4 Å². The number of nitrogens with zero attached hydrogens (tertiary/aromatic N) is 1. The third-order valence-electron chi connectivity index (χ3n) is 3.36. The molecular weight excluding hydrogens is 238 g/mol. The Balaban J connectivity index is 2.11. The van der Waals surface area contributed by atoms with Gasteiger partial charge in [-0.25, -0.2) is 4.98 Å². The van der Waals surface area contributed by atoms with E-state index in [0.717, 1.165) is 18.7 Å². The second-order valence-corrected chi connectivity index (χ2v) is 4.65. The minimum atomic E-state index is 0.216. The highest BCUT2D eigenvalue weighted by Crippen LogP contribution is 2.24. The lowest BCUT2D eigenvalue weighted by atomic mass is 10.0. The summed E-state index contributed by atoms with van der Waals surface area (Å²) in [7, 11) is 0. The van der Waals surface area contributed by atoms with Gasteiger partial charge in [-0.15, -0.1) is 0 Å². The predicted octanol–water partition coefficient (Wildman–Crippen LogP) is 3.31. The smallest absolute Gasteiger partial charge is 0.123 e. The second-order valence-electron chi connectivity index (χ2n) is 4.65. The van der Waals surface area contributed by atoms with Crippen molar-refractivity contribution in [1.29, 1.82) is 0 Å². The molecule has 0 aliphatic heterocycles. The van der Waals surface area contributed by atoms with E-state index in [4.69, 9.17) is 0 Å². The number of imidazole rings is 1. The van der Waals surface area contributed by atoms with Crippen LogP contribution in [-0.4, -0.2) is 15.1 Å². The Morgan fingerprint density at radius 1 is 1.16 bits per heavy atom. The van der Waals surface area contributed by atoms with E-state index in [1.807, 2.05) is 18.3 Å². The lowest BCUT2D eigenvalue weighted by Gasteiger charge is -2.23. The maximum absolute atomic E-state index is 9.35. The molecule has 0 aliphatic rings. The first kappa shape index (κ1) is 13.6. The highest BCUT2D eigenvalue weighted by atomic mass is 16.3. The normalized spacial score (nSPS) is 14.2. The molecule has 0 aliphatic carbocycles. The summed E-state index contributed by atoms with van der Waals surface area (Å²) in [4.78, 5) is 7.49. The zero-order valence-electron chi connectivity index (χ0n) is 11.4. The van der Waals surface area contributed by atoms with Crippen molar-refractivity contribution in [1.82, 2.24) is 15.3 Å². The Morgan fingerprint density at radius 2 is 1.84 bits per heavy atom. The molecule has 4 heteroatoms. The first-order valence-corrected chi connectivity index (χ1v) is 6.78. The summed E-state index contributed by atoms with van der Waals surface area (Å²) in [5.41, 5.74) is 1.19. The summed E-state index contributed by atoms with van der Waals surface area (Å²) < 4.78 is 0. The first-order valence-electron chi connectivity index (χ1n) is 6.78. The Labute approximate surface area is 113 Å². The van der Waals surface area contributed by atoms with E-state index in [9.17, 15) is 5.11 Å². The molecule has 1 aromatic heterocycles. The Bertz CT molecular complexity index is 479. The van der Waals surface area contributed by atoms with E-state index >= 15 is 0 Å². The SMILES string of the molecule is CCC(NC(CC)c1ncc[nH]1)c1ccc(O)cc1. The fourth-order valence-corrected chi connectivity index (χ4v) is 2.26. The van der Waals surface area contributed by atoms with Crippen LogP contribution in [0.1, 0.15) is 50.2 Å². The van der Waals surface area contributed by atoms with Crippen LogP contribution in [0.2, 0.25) is 0 Å². The first-order chi connectivity index (χ1) is 9.24. The van der Waals surface area contributed by atoms with E-state index < -0.39 is 0 Å². The monoisotopic (exact) mass is 259 g/mol. The van der Waals surface area contributed by atoms with Crippen LogP contribution >= 0.6 is 0 Å². The Hall–Kier alpha value is -1.81. The van der Waals surface area contributed by atoms with Gasteiger partial charge in [-0.05, 0) is 30.5 Å². The molecule has 0 fully saturated rings. The molecule has 4 nitrogen and oxygen atoms in total. The van der Waals surface area contributed by atoms with Crippen molar-refractivity contribution in [2.75, 3.05) is 0 Å². The maximum atomic E-state index is 9.35. The minimum absolute atomic E-state index is 0.216. The fraction of sp³-hybridized carbons (Fsp3) is 0.400. The van der Waals surface area contributed by atoms with Gasteiger partial charge in [0.25, 0.3) is 0 Å². The average Bonchev–Trinajstić information content (AvgIpc) is 2.95. The molecule has 0 spiro atoms. The van der Waals surface area contributed by atoms with E-state index in [2.05, 4.69) is 29.1 Å². The quantitative estimate of drug-likeness (QED) is 0.746. The molecule has 0 saturated heterocycles. The third kappa shape index (κ3) is 3.35. The van der Waals surface area contributed by atoms with Gasteiger partial charge < -0.3 is 15.4 Å². The van der Waals surface area contributed by atoms with E-state index in [-0.39, 0.29) is 12.1 Å². The van der Waals surface area contributed by atoms with Crippen molar-refractivity contribution in [3.63, 3.8) is 0 Å². The highest BCUT2D eigenvalue weighted by molar-refractivity contribution is 5.28. The number of phenols is 1. The number of aromatic hydroxyl groups is 1. The summed E-state index contributed by atoms with van der Waals surface area (Å²) in [6, 6.07) is 7.86. The van der Waals surface area contributed by atoms with Gasteiger partial charge in [-0.1, -0.05) is 26.0 Å². The molecule has 1 aromatic carbocycles. The van der Waals surface area contributed by atoms with Crippen LogP contribution in [0.4, 0.5) is 0 Å². The number of H-pyrrole nitrogens is 1. The van der Waals surface area contributed by atoms with Crippen molar-refractivity contribution in [3.8, 4) is 5.75 Å². The fourth-order valence-electron chi connectivity index (χ4n) is 2.26. The number of benzene rings is 1.